The Morgan fingerprint density at radius 3 is 0.628 bits per heavy atom. The lowest BCUT2D eigenvalue weighted by atomic mass is 10.0. The van der Waals surface area contributed by atoms with Crippen LogP contribution in [-0.4, -0.2) is 91.2 Å². The van der Waals surface area contributed by atoms with E-state index in [1.807, 2.05) is 25.9 Å². The maximum Gasteiger partial charge on any atom is 0.221 e. The highest BCUT2D eigenvalue weighted by Gasteiger charge is 2.16. The van der Waals surface area contributed by atoms with Crippen molar-refractivity contribution >= 4 is 17.7 Å². The molecule has 0 radical (unpaired) electrons. The largest absolute Gasteiger partial charge is 0.341 e. The van der Waals surface area contributed by atoms with E-state index >= 15 is 0 Å². The van der Waals surface area contributed by atoms with Gasteiger partial charge in [0.25, 0.3) is 0 Å². The molecule has 3 amide bonds. The second kappa shape index (κ2) is 74.0. The second-order valence-corrected chi connectivity index (χ2v) is 26.6. The zero-order chi connectivity index (χ0) is 64.0. The van der Waals surface area contributed by atoms with Crippen molar-refractivity contribution in [2.75, 3.05) is 40.3 Å². The molecule has 0 heterocycles. The standard InChI is InChI=1S/C27H56N2O.C26H54N2O.C24H50N2O/c1-5-9-10-11-12-13-14-15-16-17-18-19-20-21-22-23-24-25-27(30)28-26(6-2)29(7-3)8-4;1-5-8-9-10-11-12-13-14-15-16-17-18-19-20-21-22-23-24-26(29)27-25(4)28(6-2)7-3;1-5-6-7-8-9-10-11-12-13-14-15-16-17-18-19-20-21-22-24(27)25-23(2)26(3)4/h26H,5-25H2,1-4H3,(H,28,30);25H,5-24H2,1-4H3,(H,27,29);23H,5-22H2,1-4H3,(H,25,27). The van der Waals surface area contributed by atoms with Gasteiger partial charge in [0.15, 0.2) is 0 Å². The van der Waals surface area contributed by atoms with Crippen molar-refractivity contribution in [3.63, 3.8) is 0 Å². The Kier molecular flexibility index (Phi) is 76.2. The van der Waals surface area contributed by atoms with Gasteiger partial charge < -0.3 is 16.0 Å². The fourth-order valence-corrected chi connectivity index (χ4v) is 12.0. The van der Waals surface area contributed by atoms with Gasteiger partial charge in [0.1, 0.15) is 0 Å². The summed E-state index contributed by atoms with van der Waals surface area (Å²) in [6.45, 7) is 25.7. The lowest BCUT2D eigenvalue weighted by Gasteiger charge is -2.29. The van der Waals surface area contributed by atoms with Crippen LogP contribution in [0.4, 0.5) is 0 Å². The molecule has 0 fully saturated rings. The van der Waals surface area contributed by atoms with Gasteiger partial charge in [-0.15, -0.1) is 0 Å². The van der Waals surface area contributed by atoms with Crippen molar-refractivity contribution in [2.45, 2.75) is 441 Å². The van der Waals surface area contributed by atoms with E-state index in [1.165, 1.54) is 308 Å². The number of carbonyl (C=O) groups is 3. The van der Waals surface area contributed by atoms with Crippen molar-refractivity contribution in [3.05, 3.63) is 0 Å². The molecule has 516 valence electrons. The molecular weight excluding hydrogens is 1060 g/mol. The van der Waals surface area contributed by atoms with Crippen LogP contribution in [0, 0.1) is 0 Å². The Bertz CT molecular complexity index is 1320. The molecule has 0 rings (SSSR count). The van der Waals surface area contributed by atoms with Gasteiger partial charge in [0.2, 0.25) is 17.7 Å². The maximum absolute atomic E-state index is 12.2. The number of rotatable bonds is 65. The van der Waals surface area contributed by atoms with E-state index in [0.717, 1.165) is 51.9 Å². The van der Waals surface area contributed by atoms with Crippen molar-refractivity contribution < 1.29 is 14.4 Å². The van der Waals surface area contributed by atoms with E-state index in [-0.39, 0.29) is 36.2 Å². The highest BCUT2D eigenvalue weighted by molar-refractivity contribution is 5.76. The summed E-state index contributed by atoms with van der Waals surface area (Å²) in [5.41, 5.74) is 0. The zero-order valence-corrected chi connectivity index (χ0v) is 61.0. The predicted octanol–water partition coefficient (Wildman–Crippen LogP) is 23.1. The molecule has 9 nitrogen and oxygen atoms in total. The minimum Gasteiger partial charge on any atom is -0.341 e. The van der Waals surface area contributed by atoms with E-state index in [0.29, 0.717) is 19.3 Å². The van der Waals surface area contributed by atoms with Crippen molar-refractivity contribution in [1.29, 1.82) is 0 Å². The number of carbonyl (C=O) groups excluding carboxylic acids is 3. The number of nitrogens with zero attached hydrogens (tertiary/aromatic N) is 3. The van der Waals surface area contributed by atoms with E-state index in [2.05, 4.69) is 88.1 Å². The molecule has 0 aromatic rings. The third kappa shape index (κ3) is 68.2. The fraction of sp³-hybridized carbons (Fsp3) is 0.961. The molecule has 0 aromatic heterocycles. The number of amides is 3. The monoisotopic (exact) mass is 1220 g/mol. The van der Waals surface area contributed by atoms with Crippen LogP contribution in [0.2, 0.25) is 0 Å². The average Bonchev–Trinajstić information content (AvgIpc) is 3.63. The first-order valence-corrected chi connectivity index (χ1v) is 38.9. The van der Waals surface area contributed by atoms with E-state index in [4.69, 9.17) is 0 Å². The maximum atomic E-state index is 12.2. The van der Waals surface area contributed by atoms with Gasteiger partial charge in [-0.1, -0.05) is 364 Å². The Morgan fingerprint density at radius 2 is 0.442 bits per heavy atom. The first-order chi connectivity index (χ1) is 41.9. The van der Waals surface area contributed by atoms with Crippen LogP contribution in [-0.2, 0) is 14.4 Å². The van der Waals surface area contributed by atoms with Crippen LogP contribution in [0.5, 0.6) is 0 Å². The molecule has 0 saturated heterocycles. The summed E-state index contributed by atoms with van der Waals surface area (Å²) in [6, 6.07) is 0. The minimum absolute atomic E-state index is 0.128. The van der Waals surface area contributed by atoms with Gasteiger partial charge in [-0.2, -0.15) is 0 Å². The van der Waals surface area contributed by atoms with Crippen molar-refractivity contribution in [1.82, 2.24) is 30.7 Å². The number of nitrogens with one attached hydrogen (secondary N) is 3. The average molecular weight is 1220 g/mol. The Morgan fingerprint density at radius 1 is 0.256 bits per heavy atom. The third-order valence-corrected chi connectivity index (χ3v) is 18.4. The van der Waals surface area contributed by atoms with Crippen molar-refractivity contribution in [3.8, 4) is 0 Å². The van der Waals surface area contributed by atoms with E-state index in [1.54, 1.807) is 0 Å². The van der Waals surface area contributed by atoms with Crippen LogP contribution < -0.4 is 16.0 Å². The molecule has 0 bridgehead atoms. The molecule has 0 saturated carbocycles. The quantitative estimate of drug-likeness (QED) is 0.0415. The highest BCUT2D eigenvalue weighted by atomic mass is 16.2. The van der Waals surface area contributed by atoms with Gasteiger partial charge in [-0.3, -0.25) is 29.1 Å². The van der Waals surface area contributed by atoms with Crippen LogP contribution in [0.15, 0.2) is 0 Å². The number of hydrogen-bond donors (Lipinski definition) is 3. The summed E-state index contributed by atoms with van der Waals surface area (Å²) in [6.07, 6.45) is 73.8. The Hall–Kier alpha value is -1.71. The summed E-state index contributed by atoms with van der Waals surface area (Å²) >= 11 is 0. The van der Waals surface area contributed by atoms with Crippen LogP contribution >= 0.6 is 0 Å². The minimum atomic E-state index is 0.128. The summed E-state index contributed by atoms with van der Waals surface area (Å²) in [5, 5.41) is 9.35. The fourth-order valence-electron chi connectivity index (χ4n) is 12.0. The van der Waals surface area contributed by atoms with E-state index < -0.39 is 0 Å². The van der Waals surface area contributed by atoms with Gasteiger partial charge in [-0.05, 0) is 79.8 Å². The first kappa shape index (κ1) is 88.5. The molecule has 0 aliphatic carbocycles. The SMILES string of the molecule is CCCCCCCCCCCCCCCCCCCC(=O)NC(C)N(C)C.CCCCCCCCCCCCCCCCCCCC(=O)NC(C)N(CC)CC.CCCCCCCCCCCCCCCCCCCC(=O)NC(CC)N(CC)CC. The molecule has 0 aromatic carbocycles. The van der Waals surface area contributed by atoms with Gasteiger partial charge >= 0.3 is 0 Å². The second-order valence-electron chi connectivity index (χ2n) is 26.6. The molecule has 0 spiro atoms. The van der Waals surface area contributed by atoms with E-state index in [9.17, 15) is 14.4 Å². The molecule has 0 aliphatic heterocycles. The van der Waals surface area contributed by atoms with Crippen LogP contribution in [0.3, 0.4) is 0 Å². The molecule has 9 heteroatoms. The van der Waals surface area contributed by atoms with Gasteiger partial charge in [0.05, 0.1) is 18.5 Å². The van der Waals surface area contributed by atoms with Gasteiger partial charge in [0, 0.05) is 19.3 Å². The zero-order valence-electron chi connectivity index (χ0n) is 61.0. The molecule has 86 heavy (non-hydrogen) atoms. The topological polar surface area (TPSA) is 97.0 Å². The van der Waals surface area contributed by atoms with Crippen LogP contribution in [0.1, 0.15) is 422 Å². The summed E-state index contributed by atoms with van der Waals surface area (Å²) in [7, 11) is 3.97. The predicted molar refractivity (Wildman–Crippen MR) is 383 cm³/mol. The number of hydrogen-bond acceptors (Lipinski definition) is 6. The normalized spacial score (nSPS) is 12.5. The number of unbranched alkanes of at least 4 members (excludes halogenated alkanes) is 48. The summed E-state index contributed by atoms with van der Waals surface area (Å²) in [4.78, 5) is 42.6. The molecular formula is C77H160N6O3. The lowest BCUT2D eigenvalue weighted by Crippen LogP contribution is -2.47. The molecule has 3 N–H and O–H groups in total. The van der Waals surface area contributed by atoms with Crippen molar-refractivity contribution in [2.24, 2.45) is 0 Å². The van der Waals surface area contributed by atoms with Crippen LogP contribution in [0.25, 0.3) is 0 Å². The molecule has 3 unspecified atom stereocenters. The molecule has 3 atom stereocenters. The summed E-state index contributed by atoms with van der Waals surface area (Å²) < 4.78 is 0. The molecule has 0 aliphatic rings. The first-order valence-electron chi connectivity index (χ1n) is 38.9. The summed E-state index contributed by atoms with van der Waals surface area (Å²) in [5.74, 6) is 0.636. The Labute approximate surface area is 541 Å². The smallest absolute Gasteiger partial charge is 0.221 e. The lowest BCUT2D eigenvalue weighted by molar-refractivity contribution is -0.124. The Balaban J connectivity index is -0.00000120. The van der Waals surface area contributed by atoms with Gasteiger partial charge in [-0.25, -0.2) is 0 Å². The third-order valence-electron chi connectivity index (χ3n) is 18.4. The highest BCUT2D eigenvalue weighted by Crippen LogP contribution is 2.18.